The van der Waals surface area contributed by atoms with Crippen molar-refractivity contribution in [3.63, 3.8) is 0 Å². The number of likely N-dealkylation sites (tertiary alicyclic amines) is 1. The van der Waals surface area contributed by atoms with Crippen molar-refractivity contribution in [1.82, 2.24) is 25.8 Å². The van der Waals surface area contributed by atoms with Gasteiger partial charge in [0.2, 0.25) is 35.4 Å². The minimum atomic E-state index is -0.903. The number of hydrogen-bond donors (Lipinski definition) is 5. The summed E-state index contributed by atoms with van der Waals surface area (Å²) in [6, 6.07) is 18.6. The highest BCUT2D eigenvalue weighted by Crippen LogP contribution is 2.41. The molecule has 1 aliphatic carbocycles. The number of benzene rings is 3. The lowest BCUT2D eigenvalue weighted by Crippen LogP contribution is -2.58. The number of aryl methyl sites for hydroxylation is 2. The number of anilines is 1. The molecule has 2 unspecified atom stereocenters. The molecule has 2 fully saturated rings. The fraction of sp³-hybridized carbons (Fsp3) is 0.525. The Labute approximate surface area is 473 Å². The number of para-hydroxylation sites is 1. The van der Waals surface area contributed by atoms with Crippen molar-refractivity contribution in [2.24, 2.45) is 33.9 Å². The molecule has 3 aliphatic heterocycles. The predicted octanol–water partition coefficient (Wildman–Crippen LogP) is 7.07. The fourth-order valence-corrected chi connectivity index (χ4v) is 12.2. The van der Waals surface area contributed by atoms with Crippen molar-refractivity contribution < 1.29 is 48.1 Å². The summed E-state index contributed by atoms with van der Waals surface area (Å²) >= 11 is 1.57. The number of aliphatic hydroxyl groups is 1. The lowest BCUT2D eigenvalue weighted by atomic mass is 9.70. The Morgan fingerprint density at radius 1 is 0.887 bits per heavy atom. The number of amides is 7. The van der Waals surface area contributed by atoms with Gasteiger partial charge in [0, 0.05) is 45.0 Å². The zero-order valence-electron chi connectivity index (χ0n) is 47.3. The van der Waals surface area contributed by atoms with Crippen LogP contribution in [0.15, 0.2) is 77.2 Å². The molecule has 4 aromatic rings. The summed E-state index contributed by atoms with van der Waals surface area (Å²) in [6.45, 7) is 15.1. The first-order valence-corrected chi connectivity index (χ1v) is 28.8. The summed E-state index contributed by atoms with van der Waals surface area (Å²) in [4.78, 5) is 107. The van der Waals surface area contributed by atoms with Gasteiger partial charge < -0.3 is 41.2 Å². The van der Waals surface area contributed by atoms with E-state index in [2.05, 4.69) is 38.1 Å². The van der Waals surface area contributed by atoms with Gasteiger partial charge in [-0.3, -0.25) is 33.7 Å². The summed E-state index contributed by atoms with van der Waals surface area (Å²) in [6.07, 6.45) is 3.55. The predicted molar refractivity (Wildman–Crippen MR) is 305 cm³/mol. The number of aliphatic imine (C=N–C) groups is 1. The van der Waals surface area contributed by atoms with Crippen molar-refractivity contribution in [3.05, 3.63) is 106 Å². The van der Waals surface area contributed by atoms with E-state index in [1.807, 2.05) is 94.7 Å². The van der Waals surface area contributed by atoms with Crippen LogP contribution in [0.3, 0.4) is 0 Å². The average Bonchev–Trinajstić information content (AvgIpc) is 4.10. The van der Waals surface area contributed by atoms with E-state index in [1.165, 1.54) is 11.1 Å². The number of aromatic nitrogens is 1. The van der Waals surface area contributed by atoms with Crippen molar-refractivity contribution in [1.29, 1.82) is 0 Å². The topological polar surface area (TPSA) is 252 Å². The minimum Gasteiger partial charge on any atom is -0.442 e. The average molecular weight is 1120 g/mol. The van der Waals surface area contributed by atoms with Gasteiger partial charge in [-0.05, 0) is 124 Å². The van der Waals surface area contributed by atoms with Gasteiger partial charge in [0.05, 0.1) is 52.5 Å². The van der Waals surface area contributed by atoms with Crippen LogP contribution in [0.5, 0.6) is 0 Å². The lowest BCUT2D eigenvalue weighted by molar-refractivity contribution is -0.144. The zero-order chi connectivity index (χ0) is 57.6. The summed E-state index contributed by atoms with van der Waals surface area (Å²) < 4.78 is 11.7. The number of β-amino-alcohol motifs (C(OH)–C–C–N with tert-alkyl or cyclic N) is 1. The van der Waals surface area contributed by atoms with E-state index < -0.39 is 77.1 Å². The Morgan fingerprint density at radius 2 is 1.57 bits per heavy atom. The van der Waals surface area contributed by atoms with E-state index in [9.17, 15) is 38.7 Å². The summed E-state index contributed by atoms with van der Waals surface area (Å²) in [5.41, 5.74) is 13.5. The molecular weight excluding hydrogens is 1040 g/mol. The van der Waals surface area contributed by atoms with Crippen LogP contribution >= 0.6 is 11.3 Å². The molecule has 4 heterocycles. The highest BCUT2D eigenvalue weighted by Gasteiger charge is 2.46. The van der Waals surface area contributed by atoms with Gasteiger partial charge in [0.1, 0.15) is 23.7 Å². The molecule has 1 saturated heterocycles. The molecule has 1 aromatic heterocycles. The maximum atomic E-state index is 14.3. The Hall–Kier alpha value is -6.83. The normalized spacial score (nSPS) is 21.9. The molecule has 0 spiro atoms. The number of thiazole rings is 1. The quantitative estimate of drug-likeness (QED) is 0.0560. The van der Waals surface area contributed by atoms with E-state index in [4.69, 9.17) is 15.2 Å². The monoisotopic (exact) mass is 1110 g/mol. The number of ether oxygens (including phenoxy) is 2. The Morgan fingerprint density at radius 3 is 2.24 bits per heavy atom. The number of carbonyl (C=O) groups excluding carboxylic acids is 7. The highest BCUT2D eigenvalue weighted by molar-refractivity contribution is 7.13. The Balaban J connectivity index is 0.797. The molecule has 4 aliphatic rings. The van der Waals surface area contributed by atoms with Gasteiger partial charge in [-0.1, -0.05) is 87.5 Å². The first kappa shape index (κ1) is 59.3. The molecule has 1 saturated carbocycles. The molecule has 80 heavy (non-hydrogen) atoms. The fourth-order valence-electron chi connectivity index (χ4n) is 11.4. The second-order valence-corrected chi connectivity index (χ2v) is 25.1. The van der Waals surface area contributed by atoms with Crippen molar-refractivity contribution in [3.8, 4) is 10.4 Å². The third kappa shape index (κ3) is 14.9. The largest absolute Gasteiger partial charge is 0.442 e. The second-order valence-electron chi connectivity index (χ2n) is 24.3. The number of carbonyl (C=O) groups is 7. The SMILES string of the molecule is Cc1ncsc1-c1ccc(CNC(=O)[C@@H]2C[C@@H](O)CN2C(=O)C(NC(=O)CC2CC(Cc3ccc(CO[C@H](C)[C@H](CCC(N)=O)NC(=O)[C@@H]4Cc5cccc6c5N4C(=O)C(C=NC(=O)OC(C)(C)C)CC6)cc3)C2)C(C)(C)C)cc1. The van der Waals surface area contributed by atoms with Crippen molar-refractivity contribution in [2.75, 3.05) is 11.4 Å². The Bertz CT molecular complexity index is 2940. The number of nitrogens with two attached hydrogens (primary N) is 1. The van der Waals surface area contributed by atoms with Gasteiger partial charge >= 0.3 is 6.09 Å². The number of rotatable bonds is 20. The highest BCUT2D eigenvalue weighted by atomic mass is 32.1. The molecule has 3 aromatic carbocycles. The zero-order valence-corrected chi connectivity index (χ0v) is 48.1. The van der Waals surface area contributed by atoms with Crippen molar-refractivity contribution in [2.45, 2.75) is 175 Å². The van der Waals surface area contributed by atoms with Crippen LogP contribution in [0.25, 0.3) is 10.4 Å². The standard InChI is InChI=1S/C61H78N8O10S/c1-35-53(80-34-65-35)43-18-16-38(17-19-43)30-63-55(73)48-29-46(70)32-68(48)58(76)54(60(3,4)5)67-51(72)27-41-25-40(26-41)24-37-12-14-39(15-13-37)33-78-36(2)47(22-23-50(62)71)66-56(74)49-28-44-11-9-10-42-20-21-45(57(75)69(49)52(42)44)31-64-59(77)79-61(6,7)8/h9-19,31,34,36,40-41,45-49,54,70H,20-30,32-33H2,1-8H3,(H2,62,71)(H,63,73)(H,66,74)(H,67,72)/t36-,40?,41?,45?,46-,47+,48+,49+,54?/m1/s1. The third-order valence-corrected chi connectivity index (χ3v) is 16.7. The molecule has 19 heteroatoms. The number of aliphatic hydroxyl groups excluding tert-OH is 1. The summed E-state index contributed by atoms with van der Waals surface area (Å²) in [7, 11) is 0. The van der Waals surface area contributed by atoms with Gasteiger partial charge in [0.25, 0.3) is 0 Å². The molecule has 8 rings (SSSR count). The lowest BCUT2D eigenvalue weighted by Gasteiger charge is -2.37. The van der Waals surface area contributed by atoms with Crippen LogP contribution < -0.4 is 26.6 Å². The second kappa shape index (κ2) is 25.3. The molecular formula is C61H78N8O10S. The van der Waals surface area contributed by atoms with Crippen molar-refractivity contribution >= 4 is 64.8 Å². The molecule has 7 atom stereocenters. The number of primary amides is 1. The van der Waals surface area contributed by atoms with Gasteiger partial charge in [-0.25, -0.2) is 9.78 Å². The van der Waals surface area contributed by atoms with Crippen LogP contribution in [0.2, 0.25) is 0 Å². The number of nitrogens with zero attached hydrogens (tertiary/aromatic N) is 4. The third-order valence-electron chi connectivity index (χ3n) is 15.7. The smallest absolute Gasteiger partial charge is 0.433 e. The first-order chi connectivity index (χ1) is 37.9. The van der Waals surface area contributed by atoms with E-state index in [0.29, 0.717) is 30.9 Å². The van der Waals surface area contributed by atoms with Crippen LogP contribution in [-0.4, -0.2) is 111 Å². The van der Waals surface area contributed by atoms with E-state index in [0.717, 1.165) is 63.2 Å². The molecule has 0 radical (unpaired) electrons. The first-order valence-electron chi connectivity index (χ1n) is 27.9. The van der Waals surface area contributed by atoms with E-state index in [-0.39, 0.29) is 69.0 Å². The molecule has 0 bridgehead atoms. The molecule has 6 N–H and O–H groups in total. The number of hydrogen-bond acceptors (Lipinski definition) is 12. The van der Waals surface area contributed by atoms with E-state index in [1.54, 1.807) is 37.0 Å². The van der Waals surface area contributed by atoms with Gasteiger partial charge in [-0.2, -0.15) is 4.99 Å². The van der Waals surface area contributed by atoms with E-state index >= 15 is 0 Å². The van der Waals surface area contributed by atoms with Crippen LogP contribution in [0, 0.1) is 30.1 Å². The maximum Gasteiger partial charge on any atom is 0.433 e. The number of nitrogens with one attached hydrogen (secondary N) is 3. The molecule has 18 nitrogen and oxygen atoms in total. The van der Waals surface area contributed by atoms with Gasteiger partial charge in [0.15, 0.2) is 0 Å². The maximum absolute atomic E-state index is 14.3. The van der Waals surface area contributed by atoms with Crippen LogP contribution in [0.4, 0.5) is 10.5 Å². The van der Waals surface area contributed by atoms with Crippen LogP contribution in [-0.2, 0) is 70.7 Å². The summed E-state index contributed by atoms with van der Waals surface area (Å²) in [5.74, 6) is -2.43. The van der Waals surface area contributed by atoms with Crippen LogP contribution in [0.1, 0.15) is 127 Å². The Kier molecular flexibility index (Phi) is 18.8. The minimum absolute atomic E-state index is 0.000250. The molecule has 7 amide bonds. The molecule has 428 valence electrons. The summed E-state index contributed by atoms with van der Waals surface area (Å²) in [5, 5.41) is 19.8. The van der Waals surface area contributed by atoms with Gasteiger partial charge in [-0.15, -0.1) is 11.3 Å².